The van der Waals surface area contributed by atoms with Gasteiger partial charge in [0.25, 0.3) is 0 Å². The molecule has 0 saturated heterocycles. The van der Waals surface area contributed by atoms with Crippen LogP contribution in [0.4, 0.5) is 0 Å². The lowest BCUT2D eigenvalue weighted by Crippen LogP contribution is -2.30. The summed E-state index contributed by atoms with van der Waals surface area (Å²) in [6.07, 6.45) is 1.72. The lowest BCUT2D eigenvalue weighted by molar-refractivity contribution is -0.145. The molecule has 0 bridgehead atoms. The zero-order chi connectivity index (χ0) is 14.9. The van der Waals surface area contributed by atoms with E-state index in [0.29, 0.717) is 21.2 Å². The predicted molar refractivity (Wildman–Crippen MR) is 78.1 cm³/mol. The number of methoxy groups -OCH3 is 1. The number of esters is 1. The molecular weight excluding hydrogens is 299 g/mol. The number of allylic oxidation sites excluding steroid dienone is 1. The third-order valence-electron chi connectivity index (χ3n) is 3.54. The van der Waals surface area contributed by atoms with Gasteiger partial charge in [-0.3, -0.25) is 9.59 Å². The van der Waals surface area contributed by atoms with Crippen LogP contribution >= 0.6 is 23.2 Å². The fraction of sp³-hybridized carbons (Fsp3) is 0.333. The van der Waals surface area contributed by atoms with E-state index in [1.54, 1.807) is 25.1 Å². The number of hydrogen-bond acceptors (Lipinski definition) is 3. The van der Waals surface area contributed by atoms with Gasteiger partial charge in [-0.25, -0.2) is 0 Å². The Hall–Kier alpha value is -1.32. The van der Waals surface area contributed by atoms with Gasteiger partial charge in [0.15, 0.2) is 5.78 Å². The number of benzene rings is 1. The molecule has 0 unspecified atom stereocenters. The number of carbonyl (C=O) groups excluding carboxylic acids is 2. The third-order valence-corrected chi connectivity index (χ3v) is 4.37. The van der Waals surface area contributed by atoms with Crippen molar-refractivity contribution >= 4 is 35.0 Å². The van der Waals surface area contributed by atoms with Crippen LogP contribution in [-0.2, 0) is 14.3 Å². The molecule has 1 aromatic rings. The molecular formula is C15H14Cl2O3. The molecule has 0 aromatic heterocycles. The lowest BCUT2D eigenvalue weighted by atomic mass is 9.75. The van der Waals surface area contributed by atoms with Crippen LogP contribution in [0.3, 0.4) is 0 Å². The van der Waals surface area contributed by atoms with Crippen LogP contribution in [0.5, 0.6) is 0 Å². The standard InChI is InChI=1S/C15H14Cl2O3/c1-8-6-9(18)7-11(13(8)15(19)20-2)10-4-3-5-12(16)14(10)17/h3-6,11,13H,7H2,1-2H3/t11-,13-/m1/s1. The first-order valence-corrected chi connectivity index (χ1v) is 6.94. The van der Waals surface area contributed by atoms with Gasteiger partial charge in [0, 0.05) is 12.3 Å². The molecule has 1 aliphatic carbocycles. The molecule has 2 rings (SSSR count). The van der Waals surface area contributed by atoms with Crippen LogP contribution < -0.4 is 0 Å². The Labute approximate surface area is 127 Å². The molecule has 0 saturated carbocycles. The van der Waals surface area contributed by atoms with E-state index in [1.165, 1.54) is 13.2 Å². The Morgan fingerprint density at radius 1 is 1.35 bits per heavy atom. The first-order valence-electron chi connectivity index (χ1n) is 6.18. The third kappa shape index (κ3) is 2.74. The van der Waals surface area contributed by atoms with Crippen molar-refractivity contribution in [3.05, 3.63) is 45.5 Å². The first-order chi connectivity index (χ1) is 9.45. The Bertz CT molecular complexity index is 593. The monoisotopic (exact) mass is 312 g/mol. The van der Waals surface area contributed by atoms with Crippen molar-refractivity contribution in [3.8, 4) is 0 Å². The maximum Gasteiger partial charge on any atom is 0.313 e. The highest BCUT2D eigenvalue weighted by Gasteiger charge is 2.37. The highest BCUT2D eigenvalue weighted by atomic mass is 35.5. The van der Waals surface area contributed by atoms with E-state index in [2.05, 4.69) is 0 Å². The minimum Gasteiger partial charge on any atom is -0.469 e. The van der Waals surface area contributed by atoms with E-state index in [9.17, 15) is 9.59 Å². The van der Waals surface area contributed by atoms with E-state index >= 15 is 0 Å². The zero-order valence-electron chi connectivity index (χ0n) is 11.2. The van der Waals surface area contributed by atoms with E-state index in [1.807, 2.05) is 0 Å². The number of ether oxygens (including phenoxy) is 1. The van der Waals surface area contributed by atoms with Crippen molar-refractivity contribution in [1.29, 1.82) is 0 Å². The van der Waals surface area contributed by atoms with Crippen LogP contribution in [0.2, 0.25) is 10.0 Å². The van der Waals surface area contributed by atoms with Crippen LogP contribution in [0.1, 0.15) is 24.8 Å². The van der Waals surface area contributed by atoms with Gasteiger partial charge in [-0.1, -0.05) is 40.9 Å². The fourth-order valence-electron chi connectivity index (χ4n) is 2.63. The quantitative estimate of drug-likeness (QED) is 0.780. The molecule has 3 nitrogen and oxygen atoms in total. The summed E-state index contributed by atoms with van der Waals surface area (Å²) >= 11 is 12.2. The molecule has 0 radical (unpaired) electrons. The molecule has 0 spiro atoms. The van der Waals surface area contributed by atoms with E-state index in [0.717, 1.165) is 0 Å². The highest BCUT2D eigenvalue weighted by molar-refractivity contribution is 6.42. The van der Waals surface area contributed by atoms with Crippen LogP contribution in [0.15, 0.2) is 29.8 Å². The minimum absolute atomic E-state index is 0.0244. The van der Waals surface area contributed by atoms with Crippen molar-refractivity contribution < 1.29 is 14.3 Å². The zero-order valence-corrected chi connectivity index (χ0v) is 12.7. The number of hydrogen-bond donors (Lipinski definition) is 0. The van der Waals surface area contributed by atoms with E-state index in [-0.39, 0.29) is 24.1 Å². The van der Waals surface area contributed by atoms with Gasteiger partial charge in [0.1, 0.15) is 0 Å². The van der Waals surface area contributed by atoms with Crippen molar-refractivity contribution in [2.75, 3.05) is 7.11 Å². The van der Waals surface area contributed by atoms with Gasteiger partial charge >= 0.3 is 5.97 Å². The maximum atomic E-state index is 12.0. The molecule has 1 aromatic carbocycles. The first kappa shape index (κ1) is 15.1. The second kappa shape index (κ2) is 5.98. The summed E-state index contributed by atoms with van der Waals surface area (Å²) in [6.45, 7) is 1.75. The molecule has 0 N–H and O–H groups in total. The molecule has 5 heteroatoms. The average Bonchev–Trinajstić information content (AvgIpc) is 2.40. The van der Waals surface area contributed by atoms with Gasteiger partial charge < -0.3 is 4.74 Å². The molecule has 0 fully saturated rings. The summed E-state index contributed by atoms with van der Waals surface area (Å²) in [5.74, 6) is -1.24. The Morgan fingerprint density at radius 3 is 2.70 bits per heavy atom. The Morgan fingerprint density at radius 2 is 2.05 bits per heavy atom. The van der Waals surface area contributed by atoms with E-state index < -0.39 is 5.92 Å². The van der Waals surface area contributed by atoms with Crippen LogP contribution in [0, 0.1) is 5.92 Å². The van der Waals surface area contributed by atoms with Gasteiger partial charge in [0.05, 0.1) is 23.1 Å². The minimum atomic E-state index is -0.506. The summed E-state index contributed by atoms with van der Waals surface area (Å²) in [6, 6.07) is 5.23. The topological polar surface area (TPSA) is 43.4 Å². The summed E-state index contributed by atoms with van der Waals surface area (Å²) < 4.78 is 4.85. The van der Waals surface area contributed by atoms with Crippen molar-refractivity contribution in [3.63, 3.8) is 0 Å². The predicted octanol–water partition coefficient (Wildman–Crippen LogP) is 3.79. The number of carbonyl (C=O) groups is 2. The molecule has 20 heavy (non-hydrogen) atoms. The van der Waals surface area contributed by atoms with Gasteiger partial charge in [0.2, 0.25) is 0 Å². The fourth-order valence-corrected chi connectivity index (χ4v) is 3.08. The molecule has 1 aliphatic rings. The van der Waals surface area contributed by atoms with Crippen LogP contribution in [0.25, 0.3) is 0 Å². The Kier molecular flexibility index (Phi) is 4.51. The summed E-state index contributed by atoms with van der Waals surface area (Å²) in [4.78, 5) is 23.8. The Balaban J connectivity index is 2.52. The highest BCUT2D eigenvalue weighted by Crippen LogP contribution is 2.42. The van der Waals surface area contributed by atoms with Crippen LogP contribution in [-0.4, -0.2) is 18.9 Å². The molecule has 0 amide bonds. The average molecular weight is 313 g/mol. The van der Waals surface area contributed by atoms with Gasteiger partial charge in [-0.05, 0) is 24.6 Å². The SMILES string of the molecule is COC(=O)[C@@H]1C(C)=CC(=O)C[C@@H]1c1cccc(Cl)c1Cl. The molecule has 106 valence electrons. The number of halogens is 2. The summed E-state index contributed by atoms with van der Waals surface area (Å²) in [5.41, 5.74) is 1.39. The molecule has 0 heterocycles. The van der Waals surface area contributed by atoms with Crippen molar-refractivity contribution in [2.24, 2.45) is 5.92 Å². The molecule has 2 atom stereocenters. The van der Waals surface area contributed by atoms with E-state index in [4.69, 9.17) is 27.9 Å². The summed E-state index contributed by atoms with van der Waals surface area (Å²) in [5, 5.41) is 0.794. The number of ketones is 1. The summed E-state index contributed by atoms with van der Waals surface area (Å²) in [7, 11) is 1.34. The van der Waals surface area contributed by atoms with Crippen molar-refractivity contribution in [1.82, 2.24) is 0 Å². The molecule has 0 aliphatic heterocycles. The normalized spacial score (nSPS) is 22.4. The van der Waals surface area contributed by atoms with Gasteiger partial charge in [-0.15, -0.1) is 0 Å². The largest absolute Gasteiger partial charge is 0.469 e. The second-order valence-corrected chi connectivity index (χ2v) is 5.59. The van der Waals surface area contributed by atoms with Gasteiger partial charge in [-0.2, -0.15) is 0 Å². The second-order valence-electron chi connectivity index (χ2n) is 4.81. The smallest absolute Gasteiger partial charge is 0.313 e. The van der Waals surface area contributed by atoms with Crippen molar-refractivity contribution in [2.45, 2.75) is 19.3 Å². The number of rotatable bonds is 2. The maximum absolute atomic E-state index is 12.0. The lowest BCUT2D eigenvalue weighted by Gasteiger charge is -2.29.